The third kappa shape index (κ3) is 6.19. The van der Waals surface area contributed by atoms with Crippen LogP contribution in [0.25, 0.3) is 0 Å². The molecular formula is C14H29N. The topological polar surface area (TPSA) is 12.0 Å². The molecule has 0 radical (unpaired) electrons. The zero-order valence-corrected chi connectivity index (χ0v) is 10.7. The first-order chi connectivity index (χ1) is 7.33. The Kier molecular flexibility index (Phi) is 7.08. The van der Waals surface area contributed by atoms with Crippen molar-refractivity contribution in [3.63, 3.8) is 0 Å². The lowest BCUT2D eigenvalue weighted by Crippen LogP contribution is -2.19. The van der Waals surface area contributed by atoms with E-state index < -0.39 is 0 Å². The fraction of sp³-hybridized carbons (Fsp3) is 1.00. The van der Waals surface area contributed by atoms with Crippen LogP contribution in [0.5, 0.6) is 0 Å². The van der Waals surface area contributed by atoms with Gasteiger partial charge < -0.3 is 5.32 Å². The van der Waals surface area contributed by atoms with Crippen molar-refractivity contribution in [2.24, 2.45) is 11.8 Å². The standard InChI is InChI=1S/C14H29N/c1-13-8-6-4-3-5-7-9-14(11-10-13)12-15-2/h13-15H,3-12H2,1-2H3. The average molecular weight is 211 g/mol. The van der Waals surface area contributed by atoms with Crippen LogP contribution in [0.1, 0.15) is 64.7 Å². The highest BCUT2D eigenvalue weighted by molar-refractivity contribution is 4.66. The molecule has 1 fully saturated rings. The van der Waals surface area contributed by atoms with E-state index in [2.05, 4.69) is 19.3 Å². The van der Waals surface area contributed by atoms with E-state index in [0.717, 1.165) is 11.8 Å². The van der Waals surface area contributed by atoms with Gasteiger partial charge in [0, 0.05) is 0 Å². The van der Waals surface area contributed by atoms with E-state index in [4.69, 9.17) is 0 Å². The molecule has 0 saturated heterocycles. The minimum Gasteiger partial charge on any atom is -0.319 e. The molecular weight excluding hydrogens is 182 g/mol. The fourth-order valence-corrected chi connectivity index (χ4v) is 2.76. The highest BCUT2D eigenvalue weighted by atomic mass is 14.8. The molecule has 0 heterocycles. The van der Waals surface area contributed by atoms with Crippen LogP contribution in [0.3, 0.4) is 0 Å². The molecule has 1 aliphatic carbocycles. The van der Waals surface area contributed by atoms with Crippen molar-refractivity contribution in [3.05, 3.63) is 0 Å². The molecule has 0 aromatic rings. The van der Waals surface area contributed by atoms with Gasteiger partial charge in [0.2, 0.25) is 0 Å². The Morgan fingerprint density at radius 3 is 2.27 bits per heavy atom. The summed E-state index contributed by atoms with van der Waals surface area (Å²) < 4.78 is 0. The summed E-state index contributed by atoms with van der Waals surface area (Å²) in [4.78, 5) is 0. The predicted molar refractivity (Wildman–Crippen MR) is 68.1 cm³/mol. The van der Waals surface area contributed by atoms with Crippen molar-refractivity contribution >= 4 is 0 Å². The van der Waals surface area contributed by atoms with Gasteiger partial charge in [-0.25, -0.2) is 0 Å². The maximum absolute atomic E-state index is 3.35. The van der Waals surface area contributed by atoms with E-state index in [9.17, 15) is 0 Å². The van der Waals surface area contributed by atoms with Crippen LogP contribution in [0.4, 0.5) is 0 Å². The number of rotatable bonds is 2. The van der Waals surface area contributed by atoms with Gasteiger partial charge in [-0.2, -0.15) is 0 Å². The number of hydrogen-bond donors (Lipinski definition) is 1. The molecule has 15 heavy (non-hydrogen) atoms. The lowest BCUT2D eigenvalue weighted by molar-refractivity contribution is 0.365. The van der Waals surface area contributed by atoms with Crippen LogP contribution in [0.15, 0.2) is 0 Å². The summed E-state index contributed by atoms with van der Waals surface area (Å²) in [5.74, 6) is 1.90. The van der Waals surface area contributed by atoms with Gasteiger partial charge in [0.15, 0.2) is 0 Å². The summed E-state index contributed by atoms with van der Waals surface area (Å²) in [6.07, 6.45) is 13.2. The average Bonchev–Trinajstić information content (AvgIpc) is 2.27. The fourth-order valence-electron chi connectivity index (χ4n) is 2.76. The van der Waals surface area contributed by atoms with Crippen LogP contribution in [0, 0.1) is 11.8 Å². The summed E-state index contributed by atoms with van der Waals surface area (Å²) in [5.41, 5.74) is 0. The first-order valence-corrected chi connectivity index (χ1v) is 6.97. The van der Waals surface area contributed by atoms with Gasteiger partial charge >= 0.3 is 0 Å². The van der Waals surface area contributed by atoms with E-state index in [0.29, 0.717) is 0 Å². The van der Waals surface area contributed by atoms with Crippen molar-refractivity contribution in [3.8, 4) is 0 Å². The zero-order valence-electron chi connectivity index (χ0n) is 10.7. The molecule has 0 bridgehead atoms. The summed E-state index contributed by atoms with van der Waals surface area (Å²) in [5, 5.41) is 3.35. The Labute approximate surface area is 96.0 Å². The van der Waals surface area contributed by atoms with Gasteiger partial charge in [0.05, 0.1) is 0 Å². The molecule has 1 nitrogen and oxygen atoms in total. The highest BCUT2D eigenvalue weighted by Gasteiger charge is 2.11. The van der Waals surface area contributed by atoms with Gasteiger partial charge in [-0.3, -0.25) is 0 Å². The smallest absolute Gasteiger partial charge is 0.00235 e. The molecule has 2 unspecified atom stereocenters. The molecule has 90 valence electrons. The predicted octanol–water partition coefficient (Wildman–Crippen LogP) is 3.98. The Balaban J connectivity index is 2.30. The van der Waals surface area contributed by atoms with Crippen LogP contribution in [-0.4, -0.2) is 13.6 Å². The first kappa shape index (κ1) is 13.0. The monoisotopic (exact) mass is 211 g/mol. The maximum Gasteiger partial charge on any atom is -0.00235 e. The van der Waals surface area contributed by atoms with Crippen molar-refractivity contribution in [1.29, 1.82) is 0 Å². The summed E-state index contributed by atoms with van der Waals surface area (Å²) in [6.45, 7) is 3.67. The van der Waals surface area contributed by atoms with Crippen LogP contribution < -0.4 is 5.32 Å². The van der Waals surface area contributed by atoms with Gasteiger partial charge in [0.1, 0.15) is 0 Å². The van der Waals surface area contributed by atoms with Crippen LogP contribution in [0.2, 0.25) is 0 Å². The normalized spacial score (nSPS) is 30.8. The largest absolute Gasteiger partial charge is 0.319 e. The molecule has 1 heteroatoms. The van der Waals surface area contributed by atoms with Crippen molar-refractivity contribution in [2.75, 3.05) is 13.6 Å². The second-order valence-corrected chi connectivity index (χ2v) is 5.45. The molecule has 0 spiro atoms. The maximum atomic E-state index is 3.35. The van der Waals surface area contributed by atoms with E-state index in [1.807, 2.05) is 0 Å². The third-order valence-electron chi connectivity index (χ3n) is 3.87. The molecule has 1 saturated carbocycles. The lowest BCUT2D eigenvalue weighted by Gasteiger charge is -2.18. The van der Waals surface area contributed by atoms with Gasteiger partial charge in [-0.1, -0.05) is 51.9 Å². The van der Waals surface area contributed by atoms with Gasteiger partial charge in [-0.15, -0.1) is 0 Å². The van der Waals surface area contributed by atoms with E-state index in [1.54, 1.807) is 0 Å². The highest BCUT2D eigenvalue weighted by Crippen LogP contribution is 2.23. The van der Waals surface area contributed by atoms with Crippen LogP contribution in [-0.2, 0) is 0 Å². The molecule has 2 atom stereocenters. The molecule has 0 aromatic carbocycles. The summed E-state index contributed by atoms with van der Waals surface area (Å²) >= 11 is 0. The van der Waals surface area contributed by atoms with Crippen molar-refractivity contribution in [1.82, 2.24) is 5.32 Å². The molecule has 1 rings (SSSR count). The lowest BCUT2D eigenvalue weighted by atomic mass is 9.91. The Hall–Kier alpha value is -0.0400. The number of hydrogen-bond acceptors (Lipinski definition) is 1. The quantitative estimate of drug-likeness (QED) is 0.728. The second kappa shape index (κ2) is 8.15. The molecule has 0 amide bonds. The molecule has 1 aliphatic rings. The SMILES string of the molecule is CNCC1CCCCCCCC(C)CC1. The van der Waals surface area contributed by atoms with Gasteiger partial charge in [-0.05, 0) is 38.3 Å². The van der Waals surface area contributed by atoms with Crippen LogP contribution >= 0.6 is 0 Å². The minimum absolute atomic E-state index is 0.940. The minimum atomic E-state index is 0.940. The van der Waals surface area contributed by atoms with E-state index in [1.165, 1.54) is 64.3 Å². The zero-order chi connectivity index (χ0) is 10.9. The molecule has 1 N–H and O–H groups in total. The number of nitrogens with one attached hydrogen (secondary N) is 1. The molecule has 0 aromatic heterocycles. The third-order valence-corrected chi connectivity index (χ3v) is 3.87. The van der Waals surface area contributed by atoms with E-state index >= 15 is 0 Å². The Bertz CT molecular complexity index is 144. The summed E-state index contributed by atoms with van der Waals surface area (Å²) in [6, 6.07) is 0. The first-order valence-electron chi connectivity index (χ1n) is 6.97. The van der Waals surface area contributed by atoms with Crippen molar-refractivity contribution < 1.29 is 0 Å². The second-order valence-electron chi connectivity index (χ2n) is 5.45. The summed E-state index contributed by atoms with van der Waals surface area (Å²) in [7, 11) is 2.09. The molecule has 0 aliphatic heterocycles. The van der Waals surface area contributed by atoms with Crippen molar-refractivity contribution in [2.45, 2.75) is 64.7 Å². The van der Waals surface area contributed by atoms with E-state index in [-0.39, 0.29) is 0 Å². The Morgan fingerprint density at radius 1 is 0.867 bits per heavy atom. The Morgan fingerprint density at radius 2 is 1.53 bits per heavy atom. The van der Waals surface area contributed by atoms with Gasteiger partial charge in [0.25, 0.3) is 0 Å².